The molecule has 5 rings (SSSR count). The van der Waals surface area contributed by atoms with E-state index in [0.717, 1.165) is 11.0 Å². The van der Waals surface area contributed by atoms with Crippen molar-refractivity contribution in [1.29, 1.82) is 0 Å². The van der Waals surface area contributed by atoms with Gasteiger partial charge in [0.2, 0.25) is 11.8 Å². The van der Waals surface area contributed by atoms with E-state index in [4.69, 9.17) is 4.42 Å². The third-order valence-electron chi connectivity index (χ3n) is 4.71. The Morgan fingerprint density at radius 2 is 1.85 bits per heavy atom. The van der Waals surface area contributed by atoms with Crippen LogP contribution in [0, 0.1) is 5.82 Å². The third kappa shape index (κ3) is 3.02. The van der Waals surface area contributed by atoms with Gasteiger partial charge in [0.05, 0.1) is 5.25 Å². The molecule has 2 heterocycles. The predicted octanol–water partition coefficient (Wildman–Crippen LogP) is 4.53. The van der Waals surface area contributed by atoms with Crippen LogP contribution in [0.15, 0.2) is 33.8 Å². The fourth-order valence-electron chi connectivity index (χ4n) is 2.98. The predicted molar refractivity (Wildman–Crippen MR) is 94.2 cm³/mol. The van der Waals surface area contributed by atoms with Gasteiger partial charge in [-0.1, -0.05) is 11.8 Å². The van der Waals surface area contributed by atoms with Gasteiger partial charge in [-0.05, 0) is 56.9 Å². The van der Waals surface area contributed by atoms with Crippen LogP contribution in [0.25, 0.3) is 11.5 Å². The van der Waals surface area contributed by atoms with Gasteiger partial charge in [0.1, 0.15) is 11.6 Å². The second-order valence-electron chi connectivity index (χ2n) is 6.93. The van der Waals surface area contributed by atoms with E-state index in [2.05, 4.69) is 25.0 Å². The largest absolute Gasteiger partial charge is 0.419 e. The fraction of sp³-hybridized carbons (Fsp3) is 0.444. The van der Waals surface area contributed by atoms with Crippen LogP contribution in [0.2, 0.25) is 0 Å². The summed E-state index contributed by atoms with van der Waals surface area (Å²) in [4.78, 5) is 0. The molecule has 1 aromatic carbocycles. The molecule has 1 atom stereocenters. The highest BCUT2D eigenvalue weighted by atomic mass is 32.2. The maximum Gasteiger partial charge on any atom is 0.247 e. The molecule has 0 aliphatic heterocycles. The molecule has 3 aromatic rings. The maximum absolute atomic E-state index is 13.1. The van der Waals surface area contributed by atoms with E-state index in [-0.39, 0.29) is 11.1 Å². The van der Waals surface area contributed by atoms with Crippen molar-refractivity contribution in [2.45, 2.75) is 55.0 Å². The lowest BCUT2D eigenvalue weighted by Gasteiger charge is -2.10. The van der Waals surface area contributed by atoms with Crippen molar-refractivity contribution in [3.8, 4) is 11.5 Å². The van der Waals surface area contributed by atoms with Crippen LogP contribution < -0.4 is 0 Å². The minimum absolute atomic E-state index is 0.0366. The van der Waals surface area contributed by atoms with Crippen molar-refractivity contribution in [3.63, 3.8) is 0 Å². The topological polar surface area (TPSA) is 69.6 Å². The molecule has 2 saturated carbocycles. The van der Waals surface area contributed by atoms with Gasteiger partial charge in [0, 0.05) is 17.5 Å². The summed E-state index contributed by atoms with van der Waals surface area (Å²) < 4.78 is 21.2. The summed E-state index contributed by atoms with van der Waals surface area (Å²) >= 11 is 1.60. The lowest BCUT2D eigenvalue weighted by atomic mass is 10.2. The van der Waals surface area contributed by atoms with Crippen LogP contribution >= 0.6 is 11.8 Å². The first-order chi connectivity index (χ1) is 12.7. The van der Waals surface area contributed by atoms with Crippen LogP contribution in [-0.2, 0) is 0 Å². The average molecular weight is 371 g/mol. The first-order valence-electron chi connectivity index (χ1n) is 8.90. The van der Waals surface area contributed by atoms with E-state index in [1.807, 2.05) is 6.92 Å². The Balaban J connectivity index is 1.36. The quantitative estimate of drug-likeness (QED) is 0.593. The first-order valence-corrected chi connectivity index (χ1v) is 9.78. The SMILES string of the molecule is C[C@H](Sc1nnc(C2CC2)n1C1CC1)c1nnc(-c2ccc(F)cc2)o1. The smallest absolute Gasteiger partial charge is 0.247 e. The molecule has 6 nitrogen and oxygen atoms in total. The summed E-state index contributed by atoms with van der Waals surface area (Å²) in [6, 6.07) is 6.59. The molecular weight excluding hydrogens is 353 g/mol. The number of hydrogen-bond acceptors (Lipinski definition) is 6. The molecule has 0 saturated heterocycles. The average Bonchev–Trinajstić information content (AvgIpc) is 3.57. The number of nitrogens with zero attached hydrogens (tertiary/aromatic N) is 5. The molecular formula is C18H18FN5OS. The van der Waals surface area contributed by atoms with Crippen molar-refractivity contribution in [3.05, 3.63) is 41.8 Å². The molecule has 0 N–H and O–H groups in total. The molecule has 0 spiro atoms. The second-order valence-corrected chi connectivity index (χ2v) is 8.24. The third-order valence-corrected chi connectivity index (χ3v) is 5.75. The van der Waals surface area contributed by atoms with E-state index in [9.17, 15) is 4.39 Å². The van der Waals surface area contributed by atoms with Gasteiger partial charge in [-0.3, -0.25) is 0 Å². The monoisotopic (exact) mass is 371 g/mol. The standard InChI is InChI=1S/C18H18FN5OS/c1-10(16-21-22-17(25-16)12-4-6-13(19)7-5-12)26-18-23-20-15(11-2-3-11)24(18)14-8-9-14/h4-7,10-11,14H,2-3,8-9H2,1H3/t10-/m0/s1. The highest BCUT2D eigenvalue weighted by molar-refractivity contribution is 7.99. The molecule has 0 radical (unpaired) electrons. The Labute approximate surface area is 154 Å². The summed E-state index contributed by atoms with van der Waals surface area (Å²) in [5.74, 6) is 2.37. The number of benzene rings is 1. The van der Waals surface area contributed by atoms with Crippen LogP contribution in [0.3, 0.4) is 0 Å². The zero-order valence-electron chi connectivity index (χ0n) is 14.3. The molecule has 2 aromatic heterocycles. The first kappa shape index (κ1) is 16.0. The molecule has 134 valence electrons. The van der Waals surface area contributed by atoms with E-state index >= 15 is 0 Å². The lowest BCUT2D eigenvalue weighted by Crippen LogP contribution is -2.02. The normalized spacial score (nSPS) is 18.2. The highest BCUT2D eigenvalue weighted by Gasteiger charge is 2.37. The van der Waals surface area contributed by atoms with Crippen LogP contribution in [-0.4, -0.2) is 25.0 Å². The van der Waals surface area contributed by atoms with E-state index < -0.39 is 0 Å². The zero-order chi connectivity index (χ0) is 17.7. The molecule has 8 heteroatoms. The van der Waals surface area contributed by atoms with Crippen molar-refractivity contribution in [2.75, 3.05) is 0 Å². The second kappa shape index (κ2) is 6.19. The van der Waals surface area contributed by atoms with Gasteiger partial charge in [-0.15, -0.1) is 20.4 Å². The Kier molecular flexibility index (Phi) is 3.81. The van der Waals surface area contributed by atoms with E-state index in [1.165, 1.54) is 37.8 Å². The number of halogens is 1. The Morgan fingerprint density at radius 1 is 1.08 bits per heavy atom. The van der Waals surface area contributed by atoms with E-state index in [1.54, 1.807) is 23.9 Å². The van der Waals surface area contributed by atoms with Gasteiger partial charge >= 0.3 is 0 Å². The molecule has 0 amide bonds. The van der Waals surface area contributed by atoms with Crippen LogP contribution in [0.5, 0.6) is 0 Å². The number of rotatable bonds is 6. The number of thioether (sulfide) groups is 1. The van der Waals surface area contributed by atoms with Crippen molar-refractivity contribution < 1.29 is 8.81 Å². The van der Waals surface area contributed by atoms with Crippen LogP contribution in [0.1, 0.15) is 61.5 Å². The van der Waals surface area contributed by atoms with Gasteiger partial charge in [-0.25, -0.2) is 4.39 Å². The van der Waals surface area contributed by atoms with Gasteiger partial charge in [0.25, 0.3) is 0 Å². The summed E-state index contributed by atoms with van der Waals surface area (Å²) in [7, 11) is 0. The maximum atomic E-state index is 13.1. The number of aromatic nitrogens is 5. The number of hydrogen-bond donors (Lipinski definition) is 0. The highest BCUT2D eigenvalue weighted by Crippen LogP contribution is 2.47. The van der Waals surface area contributed by atoms with Gasteiger partial charge < -0.3 is 8.98 Å². The molecule has 0 unspecified atom stereocenters. The van der Waals surface area contributed by atoms with Gasteiger partial charge in [-0.2, -0.15) is 0 Å². The minimum atomic E-state index is -0.289. The molecule has 0 bridgehead atoms. The van der Waals surface area contributed by atoms with Crippen LogP contribution in [0.4, 0.5) is 4.39 Å². The lowest BCUT2D eigenvalue weighted by molar-refractivity contribution is 0.508. The van der Waals surface area contributed by atoms with Crippen molar-refractivity contribution in [2.24, 2.45) is 0 Å². The molecule has 2 aliphatic rings. The fourth-order valence-corrected chi connectivity index (χ4v) is 3.94. The Hall–Kier alpha value is -2.22. The minimum Gasteiger partial charge on any atom is -0.419 e. The Morgan fingerprint density at radius 3 is 2.54 bits per heavy atom. The van der Waals surface area contributed by atoms with Crippen molar-refractivity contribution in [1.82, 2.24) is 25.0 Å². The summed E-state index contributed by atoms with van der Waals surface area (Å²) in [6.45, 7) is 2.02. The van der Waals surface area contributed by atoms with E-state index in [0.29, 0.717) is 29.3 Å². The Bertz CT molecular complexity index is 929. The van der Waals surface area contributed by atoms with Crippen molar-refractivity contribution >= 4 is 11.8 Å². The summed E-state index contributed by atoms with van der Waals surface area (Å²) in [5.41, 5.74) is 0.708. The molecule has 26 heavy (non-hydrogen) atoms. The molecule has 2 fully saturated rings. The van der Waals surface area contributed by atoms with Gasteiger partial charge in [0.15, 0.2) is 5.16 Å². The molecule has 2 aliphatic carbocycles. The summed E-state index contributed by atoms with van der Waals surface area (Å²) in [5, 5.41) is 18.0. The summed E-state index contributed by atoms with van der Waals surface area (Å²) in [6.07, 6.45) is 4.84. The zero-order valence-corrected chi connectivity index (χ0v) is 15.1.